The molecule has 0 aliphatic carbocycles. The van der Waals surface area contributed by atoms with Crippen LogP contribution in [0.1, 0.15) is 22.8 Å². The van der Waals surface area contributed by atoms with Crippen molar-refractivity contribution in [3.8, 4) is 11.8 Å². The molecule has 7 nitrogen and oxygen atoms in total. The number of carbonyl (C=O) groups is 1. The lowest BCUT2D eigenvalue weighted by Crippen LogP contribution is -2.26. The van der Waals surface area contributed by atoms with Gasteiger partial charge in [-0.2, -0.15) is 5.26 Å². The third-order valence-electron chi connectivity index (χ3n) is 3.87. The van der Waals surface area contributed by atoms with Gasteiger partial charge in [0.1, 0.15) is 11.8 Å². The standard InChI is InChI=1S/C19H20N2O5S/c1-4-25-16-8-6-15(7-9-16)21(3)27(23,24)17-10-5-14(2)18(13-17)19(22)26-12-11-20/h5-10,13H,4,12H2,1-3H3. The number of benzene rings is 2. The minimum atomic E-state index is -3.89. The molecular formula is C19H20N2O5S. The fourth-order valence-corrected chi connectivity index (χ4v) is 3.60. The molecule has 0 aliphatic heterocycles. The van der Waals surface area contributed by atoms with E-state index in [2.05, 4.69) is 0 Å². The predicted octanol–water partition coefficient (Wildman–Crippen LogP) is 2.90. The Hall–Kier alpha value is -3.05. The van der Waals surface area contributed by atoms with Crippen LogP contribution in [0.2, 0.25) is 0 Å². The molecule has 142 valence electrons. The van der Waals surface area contributed by atoms with Gasteiger partial charge in [0.2, 0.25) is 0 Å². The van der Waals surface area contributed by atoms with E-state index in [9.17, 15) is 13.2 Å². The third kappa shape index (κ3) is 4.57. The van der Waals surface area contributed by atoms with Gasteiger partial charge in [-0.15, -0.1) is 0 Å². The minimum absolute atomic E-state index is 0.0478. The molecule has 2 aromatic carbocycles. The van der Waals surface area contributed by atoms with Gasteiger partial charge in [-0.05, 0) is 55.8 Å². The van der Waals surface area contributed by atoms with Crippen molar-refractivity contribution < 1.29 is 22.7 Å². The molecule has 0 amide bonds. The smallest absolute Gasteiger partial charge is 0.339 e. The number of ether oxygens (including phenoxy) is 2. The number of nitriles is 1. The average molecular weight is 388 g/mol. The SMILES string of the molecule is CCOc1ccc(N(C)S(=O)(=O)c2ccc(C)c(C(=O)OCC#N)c2)cc1. The zero-order valence-corrected chi connectivity index (χ0v) is 16.1. The molecule has 0 bridgehead atoms. The normalized spacial score (nSPS) is 10.7. The number of hydrogen-bond acceptors (Lipinski definition) is 6. The second kappa shape index (κ2) is 8.56. The quantitative estimate of drug-likeness (QED) is 0.677. The first-order chi connectivity index (χ1) is 12.8. The monoisotopic (exact) mass is 388 g/mol. The van der Waals surface area contributed by atoms with Crippen molar-refractivity contribution in [1.29, 1.82) is 5.26 Å². The zero-order valence-electron chi connectivity index (χ0n) is 15.3. The Labute approximate surface area is 158 Å². The lowest BCUT2D eigenvalue weighted by atomic mass is 10.1. The molecule has 0 radical (unpaired) electrons. The van der Waals surface area contributed by atoms with Crippen molar-refractivity contribution in [2.45, 2.75) is 18.7 Å². The fraction of sp³-hybridized carbons (Fsp3) is 0.263. The Morgan fingerprint density at radius 2 is 1.85 bits per heavy atom. The first kappa shape index (κ1) is 20.3. The third-order valence-corrected chi connectivity index (χ3v) is 5.65. The Morgan fingerprint density at radius 3 is 2.44 bits per heavy atom. The van der Waals surface area contributed by atoms with Crippen LogP contribution in [0.3, 0.4) is 0 Å². The molecular weight excluding hydrogens is 368 g/mol. The molecule has 0 spiro atoms. The molecule has 0 N–H and O–H groups in total. The number of rotatable bonds is 7. The van der Waals surface area contributed by atoms with E-state index in [1.54, 1.807) is 37.3 Å². The summed E-state index contributed by atoms with van der Waals surface area (Å²) in [4.78, 5) is 12.0. The molecule has 0 fully saturated rings. The van der Waals surface area contributed by atoms with Crippen LogP contribution in [-0.4, -0.2) is 34.6 Å². The highest BCUT2D eigenvalue weighted by molar-refractivity contribution is 7.92. The lowest BCUT2D eigenvalue weighted by Gasteiger charge is -2.20. The van der Waals surface area contributed by atoms with Crippen LogP contribution < -0.4 is 9.04 Å². The molecule has 0 saturated heterocycles. The maximum absolute atomic E-state index is 12.9. The number of carbonyl (C=O) groups excluding carboxylic acids is 1. The largest absolute Gasteiger partial charge is 0.494 e. The highest BCUT2D eigenvalue weighted by atomic mass is 32.2. The predicted molar refractivity (Wildman–Crippen MR) is 100 cm³/mol. The van der Waals surface area contributed by atoms with Gasteiger partial charge < -0.3 is 9.47 Å². The molecule has 2 rings (SSSR count). The molecule has 27 heavy (non-hydrogen) atoms. The molecule has 0 saturated carbocycles. The van der Waals surface area contributed by atoms with Gasteiger partial charge in [-0.3, -0.25) is 4.31 Å². The van der Waals surface area contributed by atoms with Gasteiger partial charge in [0.05, 0.1) is 22.8 Å². The van der Waals surface area contributed by atoms with Crippen LogP contribution in [0.25, 0.3) is 0 Å². The highest BCUT2D eigenvalue weighted by Gasteiger charge is 2.24. The Balaban J connectivity index is 2.35. The Bertz CT molecular complexity index is 963. The minimum Gasteiger partial charge on any atom is -0.494 e. The van der Waals surface area contributed by atoms with Crippen molar-refractivity contribution in [3.63, 3.8) is 0 Å². The highest BCUT2D eigenvalue weighted by Crippen LogP contribution is 2.26. The van der Waals surface area contributed by atoms with E-state index in [0.29, 0.717) is 23.6 Å². The molecule has 0 aromatic heterocycles. The topological polar surface area (TPSA) is 96.7 Å². The summed E-state index contributed by atoms with van der Waals surface area (Å²) in [6.07, 6.45) is 0. The van der Waals surface area contributed by atoms with Gasteiger partial charge in [0, 0.05) is 7.05 Å². The first-order valence-corrected chi connectivity index (χ1v) is 9.61. The number of sulfonamides is 1. The number of esters is 1. The Morgan fingerprint density at radius 1 is 1.19 bits per heavy atom. The summed E-state index contributed by atoms with van der Waals surface area (Å²) in [5, 5.41) is 8.53. The van der Waals surface area contributed by atoms with Crippen LogP contribution in [0.5, 0.6) is 5.75 Å². The van der Waals surface area contributed by atoms with E-state index in [0.717, 1.165) is 4.31 Å². The van der Waals surface area contributed by atoms with E-state index in [-0.39, 0.29) is 10.5 Å². The van der Waals surface area contributed by atoms with Crippen molar-refractivity contribution >= 4 is 21.7 Å². The summed E-state index contributed by atoms with van der Waals surface area (Å²) in [6, 6.07) is 12.6. The summed E-state index contributed by atoms with van der Waals surface area (Å²) in [5.74, 6) is -0.0975. The first-order valence-electron chi connectivity index (χ1n) is 8.17. The van der Waals surface area contributed by atoms with Gasteiger partial charge in [-0.1, -0.05) is 6.07 Å². The van der Waals surface area contributed by atoms with Crippen LogP contribution in [0, 0.1) is 18.3 Å². The number of nitrogens with zero attached hydrogens (tertiary/aromatic N) is 2. The number of anilines is 1. The second-order valence-electron chi connectivity index (χ2n) is 5.61. The van der Waals surface area contributed by atoms with Crippen molar-refractivity contribution in [3.05, 3.63) is 53.6 Å². The molecule has 0 aliphatic rings. The van der Waals surface area contributed by atoms with Crippen molar-refractivity contribution in [2.24, 2.45) is 0 Å². The van der Waals surface area contributed by atoms with Crippen LogP contribution >= 0.6 is 0 Å². The average Bonchev–Trinajstić information content (AvgIpc) is 2.66. The summed E-state index contributed by atoms with van der Waals surface area (Å²) < 4.78 is 37.1. The van der Waals surface area contributed by atoms with E-state index in [1.165, 1.54) is 25.2 Å². The van der Waals surface area contributed by atoms with E-state index in [4.69, 9.17) is 14.7 Å². The molecule has 8 heteroatoms. The molecule has 0 unspecified atom stereocenters. The molecule has 2 aromatic rings. The summed E-state index contributed by atoms with van der Waals surface area (Å²) in [6.45, 7) is 3.64. The van der Waals surface area contributed by atoms with Gasteiger partial charge in [0.25, 0.3) is 10.0 Å². The van der Waals surface area contributed by atoms with Crippen LogP contribution in [0.4, 0.5) is 5.69 Å². The van der Waals surface area contributed by atoms with Gasteiger partial charge in [-0.25, -0.2) is 13.2 Å². The maximum atomic E-state index is 12.9. The second-order valence-corrected chi connectivity index (χ2v) is 7.58. The summed E-state index contributed by atoms with van der Waals surface area (Å²) in [7, 11) is -2.46. The van der Waals surface area contributed by atoms with Crippen molar-refractivity contribution in [2.75, 3.05) is 24.6 Å². The van der Waals surface area contributed by atoms with E-state index < -0.39 is 22.6 Å². The van der Waals surface area contributed by atoms with E-state index in [1.807, 2.05) is 6.92 Å². The van der Waals surface area contributed by atoms with Crippen LogP contribution in [0.15, 0.2) is 47.4 Å². The zero-order chi connectivity index (χ0) is 20.0. The lowest BCUT2D eigenvalue weighted by molar-refractivity contribution is 0.0554. The molecule has 0 atom stereocenters. The number of aryl methyl sites for hydroxylation is 1. The summed E-state index contributed by atoms with van der Waals surface area (Å²) in [5.41, 5.74) is 1.11. The summed E-state index contributed by atoms with van der Waals surface area (Å²) >= 11 is 0. The number of hydrogen-bond donors (Lipinski definition) is 0. The van der Waals surface area contributed by atoms with Gasteiger partial charge in [0.15, 0.2) is 6.61 Å². The fourth-order valence-electron chi connectivity index (χ4n) is 2.37. The Kier molecular flexibility index (Phi) is 6.42. The van der Waals surface area contributed by atoms with Gasteiger partial charge >= 0.3 is 5.97 Å². The molecule has 0 heterocycles. The van der Waals surface area contributed by atoms with E-state index >= 15 is 0 Å². The maximum Gasteiger partial charge on any atom is 0.339 e. The van der Waals surface area contributed by atoms with Crippen molar-refractivity contribution in [1.82, 2.24) is 0 Å². The van der Waals surface area contributed by atoms with Crippen LogP contribution in [-0.2, 0) is 14.8 Å².